The highest BCUT2D eigenvalue weighted by atomic mass is 14.7. The summed E-state index contributed by atoms with van der Waals surface area (Å²) in [4.78, 5) is 4.36. The summed E-state index contributed by atoms with van der Waals surface area (Å²) < 4.78 is 0. The standard InChI is InChI=1S/C15H20N2/c1-11(2)7-8-14(16)12-9-10-17-15-6-4-3-5-13(12)15/h3-6,9-11,14H,7-8,16H2,1-2H3/t14-/m0/s1. The van der Waals surface area contributed by atoms with Gasteiger partial charge in [0.1, 0.15) is 0 Å². The van der Waals surface area contributed by atoms with Crippen LogP contribution in [0.1, 0.15) is 38.3 Å². The summed E-state index contributed by atoms with van der Waals surface area (Å²) in [5.74, 6) is 0.703. The van der Waals surface area contributed by atoms with E-state index >= 15 is 0 Å². The van der Waals surface area contributed by atoms with E-state index < -0.39 is 0 Å². The number of aromatic nitrogens is 1. The smallest absolute Gasteiger partial charge is 0.0705 e. The highest BCUT2D eigenvalue weighted by Gasteiger charge is 2.10. The van der Waals surface area contributed by atoms with Gasteiger partial charge in [0.05, 0.1) is 5.52 Å². The van der Waals surface area contributed by atoms with Gasteiger partial charge in [0.2, 0.25) is 0 Å². The first-order valence-electron chi connectivity index (χ1n) is 6.27. The van der Waals surface area contributed by atoms with E-state index in [2.05, 4.69) is 24.9 Å². The Labute approximate surface area is 103 Å². The van der Waals surface area contributed by atoms with Crippen LogP contribution in [-0.4, -0.2) is 4.98 Å². The van der Waals surface area contributed by atoms with Gasteiger partial charge in [0.25, 0.3) is 0 Å². The molecule has 0 aliphatic heterocycles. The number of hydrogen-bond donors (Lipinski definition) is 1. The van der Waals surface area contributed by atoms with E-state index in [0.29, 0.717) is 5.92 Å². The molecule has 17 heavy (non-hydrogen) atoms. The van der Waals surface area contributed by atoms with Gasteiger partial charge in [-0.2, -0.15) is 0 Å². The van der Waals surface area contributed by atoms with Gasteiger partial charge < -0.3 is 5.73 Å². The third kappa shape index (κ3) is 2.83. The van der Waals surface area contributed by atoms with Crippen molar-refractivity contribution in [2.24, 2.45) is 11.7 Å². The van der Waals surface area contributed by atoms with E-state index in [1.54, 1.807) is 0 Å². The molecule has 1 atom stereocenters. The summed E-state index contributed by atoms with van der Waals surface area (Å²) in [6.07, 6.45) is 4.05. The van der Waals surface area contributed by atoms with E-state index in [1.165, 1.54) is 10.9 Å². The SMILES string of the molecule is CC(C)CC[C@H](N)c1ccnc2ccccc12. The van der Waals surface area contributed by atoms with Crippen LogP contribution in [0.5, 0.6) is 0 Å². The minimum absolute atomic E-state index is 0.116. The van der Waals surface area contributed by atoms with Gasteiger partial charge in [-0.05, 0) is 36.5 Å². The molecule has 2 nitrogen and oxygen atoms in total. The van der Waals surface area contributed by atoms with Crippen molar-refractivity contribution in [3.05, 3.63) is 42.1 Å². The fraction of sp³-hybridized carbons (Fsp3) is 0.400. The summed E-state index contributed by atoms with van der Waals surface area (Å²) in [5, 5.41) is 1.19. The Morgan fingerprint density at radius 3 is 2.65 bits per heavy atom. The van der Waals surface area contributed by atoms with E-state index in [4.69, 9.17) is 5.73 Å². The molecule has 0 saturated carbocycles. The topological polar surface area (TPSA) is 38.9 Å². The Morgan fingerprint density at radius 2 is 1.88 bits per heavy atom. The minimum atomic E-state index is 0.116. The van der Waals surface area contributed by atoms with Crippen LogP contribution < -0.4 is 5.73 Å². The molecule has 2 rings (SSSR count). The van der Waals surface area contributed by atoms with Crippen LogP contribution >= 0.6 is 0 Å². The number of nitrogens with two attached hydrogens (primary N) is 1. The third-order valence-electron chi connectivity index (χ3n) is 3.14. The van der Waals surface area contributed by atoms with E-state index in [-0.39, 0.29) is 6.04 Å². The summed E-state index contributed by atoms with van der Waals surface area (Å²) in [6.45, 7) is 4.47. The molecular weight excluding hydrogens is 208 g/mol. The molecule has 0 spiro atoms. The maximum absolute atomic E-state index is 6.28. The average Bonchev–Trinajstić information content (AvgIpc) is 2.35. The van der Waals surface area contributed by atoms with Crippen LogP contribution in [0.25, 0.3) is 10.9 Å². The number of rotatable bonds is 4. The highest BCUT2D eigenvalue weighted by molar-refractivity contribution is 5.82. The second kappa shape index (κ2) is 5.28. The Kier molecular flexibility index (Phi) is 3.75. The Balaban J connectivity index is 2.28. The molecule has 2 aromatic rings. The number of benzene rings is 1. The van der Waals surface area contributed by atoms with Crippen molar-refractivity contribution in [1.29, 1.82) is 0 Å². The van der Waals surface area contributed by atoms with Crippen LogP contribution in [0.15, 0.2) is 36.5 Å². The number of hydrogen-bond acceptors (Lipinski definition) is 2. The van der Waals surface area contributed by atoms with Gasteiger partial charge >= 0.3 is 0 Å². The van der Waals surface area contributed by atoms with Crippen LogP contribution in [0, 0.1) is 5.92 Å². The maximum atomic E-state index is 6.28. The van der Waals surface area contributed by atoms with E-state index in [9.17, 15) is 0 Å². The van der Waals surface area contributed by atoms with Gasteiger partial charge in [-0.25, -0.2) is 0 Å². The normalized spacial score (nSPS) is 13.2. The number of pyridine rings is 1. The molecule has 1 heterocycles. The largest absolute Gasteiger partial charge is 0.324 e. The van der Waals surface area contributed by atoms with Crippen molar-refractivity contribution in [2.75, 3.05) is 0 Å². The fourth-order valence-electron chi connectivity index (χ4n) is 2.11. The molecule has 0 aliphatic carbocycles. The van der Waals surface area contributed by atoms with Crippen LogP contribution in [0.2, 0.25) is 0 Å². The predicted molar refractivity (Wildman–Crippen MR) is 72.7 cm³/mol. The lowest BCUT2D eigenvalue weighted by Gasteiger charge is -2.15. The summed E-state index contributed by atoms with van der Waals surface area (Å²) in [5.41, 5.74) is 8.53. The molecular formula is C15H20N2. The fourth-order valence-corrected chi connectivity index (χ4v) is 2.11. The van der Waals surface area contributed by atoms with Gasteiger partial charge in [0, 0.05) is 17.6 Å². The van der Waals surface area contributed by atoms with Gasteiger partial charge in [-0.1, -0.05) is 32.0 Å². The first kappa shape index (κ1) is 12.1. The van der Waals surface area contributed by atoms with Gasteiger partial charge in [-0.3, -0.25) is 4.98 Å². The second-order valence-electron chi connectivity index (χ2n) is 5.00. The van der Waals surface area contributed by atoms with Gasteiger partial charge in [0.15, 0.2) is 0 Å². The van der Waals surface area contributed by atoms with Crippen LogP contribution in [-0.2, 0) is 0 Å². The Hall–Kier alpha value is -1.41. The lowest BCUT2D eigenvalue weighted by atomic mass is 9.96. The van der Waals surface area contributed by atoms with E-state index in [0.717, 1.165) is 18.4 Å². The monoisotopic (exact) mass is 228 g/mol. The summed E-state index contributed by atoms with van der Waals surface area (Å²) in [6, 6.07) is 10.4. The molecule has 0 radical (unpaired) electrons. The number of fused-ring (bicyclic) bond motifs is 1. The molecule has 0 amide bonds. The Morgan fingerprint density at radius 1 is 1.12 bits per heavy atom. The zero-order valence-corrected chi connectivity index (χ0v) is 10.6. The van der Waals surface area contributed by atoms with E-state index in [1.807, 2.05) is 30.5 Å². The molecule has 1 aromatic heterocycles. The van der Waals surface area contributed by atoms with Crippen molar-refractivity contribution in [3.63, 3.8) is 0 Å². The van der Waals surface area contributed by atoms with Crippen molar-refractivity contribution < 1.29 is 0 Å². The molecule has 0 aliphatic rings. The highest BCUT2D eigenvalue weighted by Crippen LogP contribution is 2.25. The maximum Gasteiger partial charge on any atom is 0.0705 e. The lowest BCUT2D eigenvalue weighted by molar-refractivity contribution is 0.508. The molecule has 2 N–H and O–H groups in total. The van der Waals surface area contributed by atoms with Crippen LogP contribution in [0.3, 0.4) is 0 Å². The molecule has 90 valence electrons. The average molecular weight is 228 g/mol. The van der Waals surface area contributed by atoms with Crippen molar-refractivity contribution in [1.82, 2.24) is 4.98 Å². The van der Waals surface area contributed by atoms with Crippen molar-refractivity contribution in [2.45, 2.75) is 32.7 Å². The molecule has 1 aromatic carbocycles. The minimum Gasteiger partial charge on any atom is -0.324 e. The zero-order valence-electron chi connectivity index (χ0n) is 10.6. The van der Waals surface area contributed by atoms with Crippen LogP contribution in [0.4, 0.5) is 0 Å². The first-order chi connectivity index (χ1) is 8.18. The quantitative estimate of drug-likeness (QED) is 0.867. The predicted octanol–water partition coefficient (Wildman–Crippen LogP) is 3.67. The summed E-state index contributed by atoms with van der Waals surface area (Å²) in [7, 11) is 0. The van der Waals surface area contributed by atoms with Crippen molar-refractivity contribution in [3.8, 4) is 0 Å². The molecule has 0 saturated heterocycles. The second-order valence-corrected chi connectivity index (χ2v) is 5.00. The molecule has 0 bridgehead atoms. The Bertz CT molecular complexity index is 486. The van der Waals surface area contributed by atoms with Gasteiger partial charge in [-0.15, -0.1) is 0 Å². The zero-order chi connectivity index (χ0) is 12.3. The number of nitrogens with zero attached hydrogens (tertiary/aromatic N) is 1. The molecule has 0 fully saturated rings. The molecule has 0 unspecified atom stereocenters. The summed E-state index contributed by atoms with van der Waals surface area (Å²) >= 11 is 0. The third-order valence-corrected chi connectivity index (χ3v) is 3.14. The number of para-hydroxylation sites is 1. The first-order valence-corrected chi connectivity index (χ1v) is 6.27. The molecule has 2 heteroatoms. The van der Waals surface area contributed by atoms with Crippen molar-refractivity contribution >= 4 is 10.9 Å². The lowest BCUT2D eigenvalue weighted by Crippen LogP contribution is -2.11.